The lowest BCUT2D eigenvalue weighted by Gasteiger charge is -2.18. The van der Waals surface area contributed by atoms with Gasteiger partial charge in [0.2, 0.25) is 5.91 Å². The molecule has 1 amide bonds. The van der Waals surface area contributed by atoms with Gasteiger partial charge >= 0.3 is 5.97 Å². The highest BCUT2D eigenvalue weighted by molar-refractivity contribution is 5.82. The van der Waals surface area contributed by atoms with Crippen LogP contribution in [0.15, 0.2) is 0 Å². The number of carbonyl (C=O) groups is 2. The third kappa shape index (κ3) is 3.37. The average Bonchev–Trinajstić information content (AvgIpc) is 1.98. The van der Waals surface area contributed by atoms with E-state index in [4.69, 9.17) is 5.11 Å². The van der Waals surface area contributed by atoms with Crippen LogP contribution < -0.4 is 5.32 Å². The largest absolute Gasteiger partial charge is 0.480 e. The lowest BCUT2D eigenvalue weighted by Crippen LogP contribution is -2.43. The Hall–Kier alpha value is -1.06. The average molecular weight is 173 g/mol. The molecule has 0 aromatic rings. The number of carboxylic acid groups (broad SMARTS) is 1. The maximum Gasteiger partial charge on any atom is 0.326 e. The molecule has 0 aliphatic rings. The minimum atomic E-state index is -0.973. The first-order valence-electron chi connectivity index (χ1n) is 3.99. The van der Waals surface area contributed by atoms with Gasteiger partial charge in [0.05, 0.1) is 0 Å². The fourth-order valence-electron chi connectivity index (χ4n) is 0.902. The second kappa shape index (κ2) is 4.74. The molecule has 4 heteroatoms. The van der Waals surface area contributed by atoms with Gasteiger partial charge in [0.25, 0.3) is 0 Å². The normalized spacial score (nSPS) is 14.9. The third-order valence-electron chi connectivity index (χ3n) is 1.84. The monoisotopic (exact) mass is 173 g/mol. The molecule has 0 aliphatic carbocycles. The standard InChI is InChI=1S/C8H15NO3/c1-4-5(2)7(8(11)12)9-6(3)10/h5,7H,4H2,1-3H3,(H,9,10)(H,11,12)/t5?,7-/m0/s1. The van der Waals surface area contributed by atoms with E-state index < -0.39 is 12.0 Å². The quantitative estimate of drug-likeness (QED) is 0.655. The van der Waals surface area contributed by atoms with Crippen molar-refractivity contribution in [1.29, 1.82) is 0 Å². The predicted molar refractivity (Wildman–Crippen MR) is 44.7 cm³/mol. The summed E-state index contributed by atoms with van der Waals surface area (Å²) in [5.41, 5.74) is 0. The maximum atomic E-state index is 10.6. The van der Waals surface area contributed by atoms with Crippen molar-refractivity contribution in [2.75, 3.05) is 0 Å². The molecule has 2 N–H and O–H groups in total. The van der Waals surface area contributed by atoms with Crippen molar-refractivity contribution in [2.24, 2.45) is 5.92 Å². The molecule has 4 nitrogen and oxygen atoms in total. The number of hydrogen-bond donors (Lipinski definition) is 2. The lowest BCUT2D eigenvalue weighted by molar-refractivity contribution is -0.143. The van der Waals surface area contributed by atoms with Crippen molar-refractivity contribution >= 4 is 11.9 Å². The summed E-state index contributed by atoms with van der Waals surface area (Å²) in [5.74, 6) is -1.31. The zero-order valence-electron chi connectivity index (χ0n) is 7.63. The zero-order chi connectivity index (χ0) is 9.72. The molecule has 0 rings (SSSR count). The van der Waals surface area contributed by atoms with Gasteiger partial charge in [-0.25, -0.2) is 4.79 Å². The molecule has 0 spiro atoms. The highest BCUT2D eigenvalue weighted by Gasteiger charge is 2.23. The molecule has 0 saturated carbocycles. The number of hydrogen-bond acceptors (Lipinski definition) is 2. The molecular formula is C8H15NO3. The van der Waals surface area contributed by atoms with Gasteiger partial charge in [-0.15, -0.1) is 0 Å². The van der Waals surface area contributed by atoms with Gasteiger partial charge in [-0.05, 0) is 5.92 Å². The van der Waals surface area contributed by atoms with E-state index in [1.807, 2.05) is 6.92 Å². The fraction of sp³-hybridized carbons (Fsp3) is 0.750. The third-order valence-corrected chi connectivity index (χ3v) is 1.84. The van der Waals surface area contributed by atoms with Gasteiger partial charge in [0.1, 0.15) is 6.04 Å². The van der Waals surface area contributed by atoms with Crippen LogP contribution in [0.25, 0.3) is 0 Å². The number of carbonyl (C=O) groups excluding carboxylic acids is 1. The topological polar surface area (TPSA) is 66.4 Å². The van der Waals surface area contributed by atoms with Crippen molar-refractivity contribution < 1.29 is 14.7 Å². The van der Waals surface area contributed by atoms with Crippen molar-refractivity contribution in [1.82, 2.24) is 5.32 Å². The van der Waals surface area contributed by atoms with E-state index in [0.29, 0.717) is 0 Å². The Morgan fingerprint density at radius 1 is 1.50 bits per heavy atom. The Labute approximate surface area is 72.0 Å². The first kappa shape index (κ1) is 10.9. The van der Waals surface area contributed by atoms with Crippen LogP contribution in [0, 0.1) is 5.92 Å². The summed E-state index contributed by atoms with van der Waals surface area (Å²) in [5, 5.41) is 11.1. The molecule has 12 heavy (non-hydrogen) atoms. The molecule has 0 heterocycles. The van der Waals surface area contributed by atoms with E-state index in [0.717, 1.165) is 6.42 Å². The van der Waals surface area contributed by atoms with E-state index in [-0.39, 0.29) is 11.8 Å². The smallest absolute Gasteiger partial charge is 0.326 e. The Balaban J connectivity index is 4.22. The van der Waals surface area contributed by atoms with Crippen molar-refractivity contribution in [2.45, 2.75) is 33.2 Å². The summed E-state index contributed by atoms with van der Waals surface area (Å²) in [6.45, 7) is 5.01. The van der Waals surface area contributed by atoms with Gasteiger partial charge in [0.15, 0.2) is 0 Å². The van der Waals surface area contributed by atoms with Crippen molar-refractivity contribution in [3.63, 3.8) is 0 Å². The van der Waals surface area contributed by atoms with E-state index in [1.165, 1.54) is 6.92 Å². The first-order valence-corrected chi connectivity index (χ1v) is 3.99. The molecule has 0 radical (unpaired) electrons. The van der Waals surface area contributed by atoms with Crippen LogP contribution in [0.1, 0.15) is 27.2 Å². The maximum absolute atomic E-state index is 10.6. The van der Waals surface area contributed by atoms with E-state index >= 15 is 0 Å². The molecule has 0 aromatic heterocycles. The summed E-state index contributed by atoms with van der Waals surface area (Å²) < 4.78 is 0. The highest BCUT2D eigenvalue weighted by atomic mass is 16.4. The van der Waals surface area contributed by atoms with Crippen LogP contribution in [0.2, 0.25) is 0 Å². The van der Waals surface area contributed by atoms with Crippen LogP contribution in [0.5, 0.6) is 0 Å². The van der Waals surface area contributed by atoms with Gasteiger partial charge in [-0.1, -0.05) is 20.3 Å². The SMILES string of the molecule is CCC(C)[C@H](NC(C)=O)C(=O)O. The number of nitrogens with one attached hydrogen (secondary N) is 1. The number of amides is 1. The van der Waals surface area contributed by atoms with Crippen LogP contribution >= 0.6 is 0 Å². The van der Waals surface area contributed by atoms with Crippen LogP contribution in [-0.4, -0.2) is 23.0 Å². The summed E-state index contributed by atoms with van der Waals surface area (Å²) in [4.78, 5) is 21.2. The van der Waals surface area contributed by atoms with E-state index in [1.54, 1.807) is 6.92 Å². The number of aliphatic carboxylic acids is 1. The molecule has 1 unspecified atom stereocenters. The first-order chi connectivity index (χ1) is 5.49. The molecule has 0 fully saturated rings. The van der Waals surface area contributed by atoms with Crippen LogP contribution in [-0.2, 0) is 9.59 Å². The van der Waals surface area contributed by atoms with Crippen molar-refractivity contribution in [3.8, 4) is 0 Å². The van der Waals surface area contributed by atoms with Crippen molar-refractivity contribution in [3.05, 3.63) is 0 Å². The second-order valence-electron chi connectivity index (χ2n) is 2.90. The summed E-state index contributed by atoms with van der Waals surface area (Å²) in [6, 6.07) is -0.757. The van der Waals surface area contributed by atoms with Gasteiger partial charge < -0.3 is 10.4 Å². The van der Waals surface area contributed by atoms with E-state index in [9.17, 15) is 9.59 Å². The zero-order valence-corrected chi connectivity index (χ0v) is 7.63. The Kier molecular flexibility index (Phi) is 4.33. The molecule has 0 bridgehead atoms. The molecule has 70 valence electrons. The summed E-state index contributed by atoms with van der Waals surface area (Å²) in [7, 11) is 0. The molecule has 0 saturated heterocycles. The van der Waals surface area contributed by atoms with Gasteiger partial charge in [-0.2, -0.15) is 0 Å². The summed E-state index contributed by atoms with van der Waals surface area (Å²) in [6.07, 6.45) is 0.733. The second-order valence-corrected chi connectivity index (χ2v) is 2.90. The predicted octanol–water partition coefficient (Wildman–Crippen LogP) is 0.622. The lowest BCUT2D eigenvalue weighted by atomic mass is 9.99. The minimum absolute atomic E-state index is 0.0357. The van der Waals surface area contributed by atoms with Gasteiger partial charge in [0, 0.05) is 6.92 Å². The highest BCUT2D eigenvalue weighted by Crippen LogP contribution is 2.07. The Morgan fingerprint density at radius 2 is 2.00 bits per heavy atom. The fourth-order valence-corrected chi connectivity index (χ4v) is 0.902. The Bertz CT molecular complexity index is 179. The van der Waals surface area contributed by atoms with Crippen LogP contribution in [0.4, 0.5) is 0 Å². The molecular weight excluding hydrogens is 158 g/mol. The minimum Gasteiger partial charge on any atom is -0.480 e. The van der Waals surface area contributed by atoms with E-state index in [2.05, 4.69) is 5.32 Å². The summed E-state index contributed by atoms with van der Waals surface area (Å²) >= 11 is 0. The van der Waals surface area contributed by atoms with Crippen LogP contribution in [0.3, 0.4) is 0 Å². The molecule has 0 aromatic carbocycles. The number of carboxylic acids is 1. The molecule has 0 aliphatic heterocycles. The Morgan fingerprint density at radius 3 is 2.25 bits per heavy atom. The number of rotatable bonds is 4. The molecule has 2 atom stereocenters. The van der Waals surface area contributed by atoms with Gasteiger partial charge in [-0.3, -0.25) is 4.79 Å².